The van der Waals surface area contributed by atoms with E-state index in [4.69, 9.17) is 0 Å². The summed E-state index contributed by atoms with van der Waals surface area (Å²) in [4.78, 5) is 25.6. The second-order valence-corrected chi connectivity index (χ2v) is 7.06. The molecule has 0 aliphatic carbocycles. The Morgan fingerprint density at radius 3 is 2.15 bits per heavy atom. The highest BCUT2D eigenvalue weighted by molar-refractivity contribution is 5.95. The highest BCUT2D eigenvalue weighted by atomic mass is 19.1. The van der Waals surface area contributed by atoms with Gasteiger partial charge in [-0.15, -0.1) is 0 Å². The van der Waals surface area contributed by atoms with Gasteiger partial charge in [-0.2, -0.15) is 0 Å². The lowest BCUT2D eigenvalue weighted by Crippen LogP contribution is -3.14. The summed E-state index contributed by atoms with van der Waals surface area (Å²) in [7, 11) is 1.79. The highest BCUT2D eigenvalue weighted by Crippen LogP contribution is 2.21. The van der Waals surface area contributed by atoms with Gasteiger partial charge in [0.05, 0.1) is 7.05 Å². The normalized spacial score (nSPS) is 13.0. The minimum atomic E-state index is -0.413. The van der Waals surface area contributed by atoms with Crippen molar-refractivity contribution in [2.75, 3.05) is 24.2 Å². The molecule has 6 heteroatoms. The van der Waals surface area contributed by atoms with Crippen molar-refractivity contribution in [3.63, 3.8) is 0 Å². The molecule has 144 valence electrons. The van der Waals surface area contributed by atoms with Crippen LogP contribution in [0, 0.1) is 26.6 Å². The fourth-order valence-corrected chi connectivity index (χ4v) is 2.98. The first-order valence-corrected chi connectivity index (χ1v) is 8.94. The van der Waals surface area contributed by atoms with Gasteiger partial charge < -0.3 is 15.5 Å². The Morgan fingerprint density at radius 2 is 1.59 bits per heavy atom. The van der Waals surface area contributed by atoms with Gasteiger partial charge in [0.15, 0.2) is 12.6 Å². The van der Waals surface area contributed by atoms with E-state index in [1.54, 1.807) is 14.0 Å². The third-order valence-electron chi connectivity index (χ3n) is 4.63. The van der Waals surface area contributed by atoms with Crippen molar-refractivity contribution in [3.05, 3.63) is 58.9 Å². The van der Waals surface area contributed by atoms with E-state index in [0.29, 0.717) is 5.69 Å². The average Bonchev–Trinajstić information content (AvgIpc) is 2.59. The number of aryl methyl sites for hydroxylation is 3. The summed E-state index contributed by atoms with van der Waals surface area (Å²) in [5.74, 6) is -0.735. The molecule has 0 aliphatic rings. The summed E-state index contributed by atoms with van der Waals surface area (Å²) in [6.45, 7) is 7.86. The van der Waals surface area contributed by atoms with Crippen LogP contribution in [0.25, 0.3) is 0 Å². The van der Waals surface area contributed by atoms with Gasteiger partial charge in [-0.25, -0.2) is 4.39 Å². The van der Waals surface area contributed by atoms with Crippen LogP contribution in [0.15, 0.2) is 36.4 Å². The maximum atomic E-state index is 12.9. The first-order valence-electron chi connectivity index (χ1n) is 8.94. The average molecular weight is 372 g/mol. The predicted molar refractivity (Wildman–Crippen MR) is 106 cm³/mol. The summed E-state index contributed by atoms with van der Waals surface area (Å²) in [6.07, 6.45) is 0. The number of carbonyl (C=O) groups excluding carboxylic acids is 2. The number of likely N-dealkylation sites (N-methyl/N-ethyl adjacent to an activating group) is 1. The number of nitrogens with one attached hydrogen (secondary N) is 3. The molecule has 0 aliphatic heterocycles. The molecular weight excluding hydrogens is 345 g/mol. The quantitative estimate of drug-likeness (QED) is 0.728. The molecule has 27 heavy (non-hydrogen) atoms. The number of halogens is 1. The molecule has 2 aromatic carbocycles. The zero-order chi connectivity index (χ0) is 20.1. The van der Waals surface area contributed by atoms with E-state index in [1.165, 1.54) is 24.3 Å². The Balaban J connectivity index is 1.95. The molecule has 0 spiro atoms. The van der Waals surface area contributed by atoms with Crippen molar-refractivity contribution in [1.82, 2.24) is 0 Å². The molecule has 0 saturated heterocycles. The Hall–Kier alpha value is -2.73. The lowest BCUT2D eigenvalue weighted by Gasteiger charge is -2.22. The number of carbonyl (C=O) groups is 2. The second kappa shape index (κ2) is 8.77. The highest BCUT2D eigenvalue weighted by Gasteiger charge is 2.24. The van der Waals surface area contributed by atoms with Crippen LogP contribution in [-0.4, -0.2) is 31.4 Å². The molecule has 3 N–H and O–H groups in total. The van der Waals surface area contributed by atoms with E-state index in [0.717, 1.165) is 27.3 Å². The minimum absolute atomic E-state index is 0.123. The molecule has 5 nitrogen and oxygen atoms in total. The molecule has 0 saturated carbocycles. The van der Waals surface area contributed by atoms with Gasteiger partial charge in [-0.3, -0.25) is 9.59 Å². The van der Waals surface area contributed by atoms with Gasteiger partial charge in [0.2, 0.25) is 0 Å². The first-order chi connectivity index (χ1) is 12.7. The second-order valence-electron chi connectivity index (χ2n) is 7.06. The zero-order valence-corrected chi connectivity index (χ0v) is 16.4. The third-order valence-corrected chi connectivity index (χ3v) is 4.63. The molecular formula is C21H27FN3O2+. The van der Waals surface area contributed by atoms with Gasteiger partial charge in [0.25, 0.3) is 11.8 Å². The SMILES string of the molecule is Cc1cc(C)c(NC(=O)[C@@H](C)[NH+](C)CC(=O)Nc2ccc(F)cc2)c(C)c1. The summed E-state index contributed by atoms with van der Waals surface area (Å²) in [5.41, 5.74) is 4.52. The lowest BCUT2D eigenvalue weighted by molar-refractivity contribution is -0.885. The van der Waals surface area contributed by atoms with Crippen LogP contribution in [0.4, 0.5) is 15.8 Å². The Bertz CT molecular complexity index is 811. The number of rotatable bonds is 6. The number of amides is 2. The van der Waals surface area contributed by atoms with E-state index >= 15 is 0 Å². The molecule has 2 amide bonds. The molecule has 2 rings (SSSR count). The van der Waals surface area contributed by atoms with Crippen molar-refractivity contribution in [2.45, 2.75) is 33.7 Å². The molecule has 1 unspecified atom stereocenters. The van der Waals surface area contributed by atoms with Crippen LogP contribution >= 0.6 is 0 Å². The maximum Gasteiger partial charge on any atom is 0.282 e. The lowest BCUT2D eigenvalue weighted by atomic mass is 10.0. The standard InChI is InChI=1S/C21H26FN3O2/c1-13-10-14(2)20(15(3)11-13)24-21(27)16(4)25(5)12-19(26)23-18-8-6-17(22)7-9-18/h6-11,16H,12H2,1-5H3,(H,23,26)(H,24,27)/p+1/t16-/m1/s1. The number of quaternary nitrogens is 1. The van der Waals surface area contributed by atoms with Gasteiger partial charge >= 0.3 is 0 Å². The number of anilines is 2. The summed E-state index contributed by atoms with van der Waals surface area (Å²) in [5, 5.41) is 5.69. The smallest absolute Gasteiger partial charge is 0.282 e. The zero-order valence-electron chi connectivity index (χ0n) is 16.4. The monoisotopic (exact) mass is 372 g/mol. The molecule has 0 bridgehead atoms. The number of hydrogen-bond acceptors (Lipinski definition) is 2. The third kappa shape index (κ3) is 5.62. The van der Waals surface area contributed by atoms with Crippen LogP contribution in [0.3, 0.4) is 0 Å². The topological polar surface area (TPSA) is 62.6 Å². The summed E-state index contributed by atoms with van der Waals surface area (Å²) >= 11 is 0. The fourth-order valence-electron chi connectivity index (χ4n) is 2.98. The van der Waals surface area contributed by atoms with E-state index in [2.05, 4.69) is 10.6 Å². The van der Waals surface area contributed by atoms with E-state index in [9.17, 15) is 14.0 Å². The van der Waals surface area contributed by atoms with Gasteiger partial charge in [0.1, 0.15) is 5.82 Å². The van der Waals surface area contributed by atoms with Crippen molar-refractivity contribution in [3.8, 4) is 0 Å². The maximum absolute atomic E-state index is 12.9. The molecule has 2 aromatic rings. The molecule has 0 radical (unpaired) electrons. The van der Waals surface area contributed by atoms with Gasteiger partial charge in [0, 0.05) is 11.4 Å². The minimum Gasteiger partial charge on any atom is -0.321 e. The van der Waals surface area contributed by atoms with Crippen LogP contribution in [0.1, 0.15) is 23.6 Å². The van der Waals surface area contributed by atoms with E-state index < -0.39 is 6.04 Å². The van der Waals surface area contributed by atoms with Crippen LogP contribution < -0.4 is 15.5 Å². The van der Waals surface area contributed by atoms with Gasteiger partial charge in [-0.05, 0) is 63.1 Å². The predicted octanol–water partition coefficient (Wildman–Crippen LogP) is 2.23. The van der Waals surface area contributed by atoms with E-state index in [1.807, 2.05) is 32.9 Å². The van der Waals surface area contributed by atoms with Crippen molar-refractivity contribution < 1.29 is 18.9 Å². The van der Waals surface area contributed by atoms with E-state index in [-0.39, 0.29) is 24.2 Å². The molecule has 2 atom stereocenters. The Morgan fingerprint density at radius 1 is 1.04 bits per heavy atom. The van der Waals surface area contributed by atoms with Crippen LogP contribution in [-0.2, 0) is 9.59 Å². The first kappa shape index (κ1) is 20.6. The summed E-state index contributed by atoms with van der Waals surface area (Å²) < 4.78 is 12.9. The molecule has 0 aromatic heterocycles. The Labute approximate surface area is 159 Å². The van der Waals surface area contributed by atoms with Crippen molar-refractivity contribution in [1.29, 1.82) is 0 Å². The Kier molecular flexibility index (Phi) is 6.69. The van der Waals surface area contributed by atoms with Crippen molar-refractivity contribution in [2.24, 2.45) is 0 Å². The molecule has 0 fully saturated rings. The van der Waals surface area contributed by atoms with Gasteiger partial charge in [-0.1, -0.05) is 17.7 Å². The fraction of sp³-hybridized carbons (Fsp3) is 0.333. The van der Waals surface area contributed by atoms with Crippen LogP contribution in [0.5, 0.6) is 0 Å². The largest absolute Gasteiger partial charge is 0.321 e. The molecule has 0 heterocycles. The number of benzene rings is 2. The number of hydrogen-bond donors (Lipinski definition) is 3. The summed E-state index contributed by atoms with van der Waals surface area (Å²) in [6, 6.07) is 9.22. The van der Waals surface area contributed by atoms with Crippen LogP contribution in [0.2, 0.25) is 0 Å². The van der Waals surface area contributed by atoms with Crippen molar-refractivity contribution >= 4 is 23.2 Å².